The summed E-state index contributed by atoms with van der Waals surface area (Å²) in [6.45, 7) is 4.39. The summed E-state index contributed by atoms with van der Waals surface area (Å²) in [7, 11) is 0. The first-order valence-electron chi connectivity index (χ1n) is 6.31. The summed E-state index contributed by atoms with van der Waals surface area (Å²) in [5.74, 6) is -0.683. The average molecular weight is 250 g/mol. The van der Waals surface area contributed by atoms with Crippen LogP contribution in [0, 0.1) is 18.2 Å². The van der Waals surface area contributed by atoms with E-state index in [4.69, 9.17) is 5.73 Å². The van der Waals surface area contributed by atoms with Crippen molar-refractivity contribution in [2.24, 2.45) is 5.41 Å². The maximum atomic E-state index is 13.5. The van der Waals surface area contributed by atoms with Gasteiger partial charge < -0.3 is 11.1 Å². The van der Waals surface area contributed by atoms with Crippen LogP contribution >= 0.6 is 0 Å². The van der Waals surface area contributed by atoms with Crippen LogP contribution in [0.1, 0.15) is 42.1 Å². The Morgan fingerprint density at radius 3 is 2.67 bits per heavy atom. The molecule has 2 rings (SSSR count). The van der Waals surface area contributed by atoms with Crippen molar-refractivity contribution >= 4 is 11.6 Å². The maximum absolute atomic E-state index is 13.5. The van der Waals surface area contributed by atoms with Crippen LogP contribution in [-0.2, 0) is 0 Å². The van der Waals surface area contributed by atoms with E-state index in [1.165, 1.54) is 12.1 Å². The Morgan fingerprint density at radius 2 is 2.17 bits per heavy atom. The quantitative estimate of drug-likeness (QED) is 0.807. The van der Waals surface area contributed by atoms with Gasteiger partial charge in [0.15, 0.2) is 0 Å². The Labute approximate surface area is 107 Å². The van der Waals surface area contributed by atoms with Gasteiger partial charge in [-0.3, -0.25) is 4.79 Å². The molecule has 1 aliphatic rings. The van der Waals surface area contributed by atoms with Crippen molar-refractivity contribution in [2.75, 3.05) is 12.3 Å². The molecule has 0 spiro atoms. The number of nitrogen functional groups attached to an aromatic ring is 1. The number of anilines is 1. The molecule has 18 heavy (non-hydrogen) atoms. The minimum Gasteiger partial charge on any atom is -0.398 e. The van der Waals surface area contributed by atoms with Gasteiger partial charge in [0.05, 0.1) is 0 Å². The van der Waals surface area contributed by atoms with Gasteiger partial charge in [0.1, 0.15) is 5.82 Å². The Bertz CT molecular complexity index is 458. The number of hydrogen-bond acceptors (Lipinski definition) is 2. The van der Waals surface area contributed by atoms with Crippen LogP contribution in [0.4, 0.5) is 10.1 Å². The molecular weight excluding hydrogens is 231 g/mol. The van der Waals surface area contributed by atoms with E-state index in [2.05, 4.69) is 12.2 Å². The SMILES string of the molecule is CCC1(CNC(=O)c2cc(N)c(C)c(F)c2)CC1. The number of carbonyl (C=O) groups is 1. The normalized spacial score (nSPS) is 16.4. The maximum Gasteiger partial charge on any atom is 0.251 e. The third-order valence-corrected chi connectivity index (χ3v) is 3.98. The highest BCUT2D eigenvalue weighted by Crippen LogP contribution is 2.47. The monoisotopic (exact) mass is 250 g/mol. The van der Waals surface area contributed by atoms with Crippen molar-refractivity contribution in [3.05, 3.63) is 29.1 Å². The zero-order valence-electron chi connectivity index (χ0n) is 10.8. The molecule has 98 valence electrons. The zero-order chi connectivity index (χ0) is 13.3. The lowest BCUT2D eigenvalue weighted by atomic mass is 10.0. The molecule has 0 unspecified atom stereocenters. The summed E-state index contributed by atoms with van der Waals surface area (Å²) in [6, 6.07) is 2.77. The average Bonchev–Trinajstić information content (AvgIpc) is 3.13. The number of halogens is 1. The Hall–Kier alpha value is -1.58. The van der Waals surface area contributed by atoms with E-state index in [1.807, 2.05) is 0 Å². The van der Waals surface area contributed by atoms with E-state index in [-0.39, 0.29) is 11.3 Å². The molecule has 1 saturated carbocycles. The van der Waals surface area contributed by atoms with E-state index in [0.717, 1.165) is 19.3 Å². The van der Waals surface area contributed by atoms with Crippen molar-refractivity contribution in [1.82, 2.24) is 5.32 Å². The van der Waals surface area contributed by atoms with E-state index < -0.39 is 5.82 Å². The van der Waals surface area contributed by atoms with Crippen LogP contribution in [0.25, 0.3) is 0 Å². The smallest absolute Gasteiger partial charge is 0.251 e. The van der Waals surface area contributed by atoms with Crippen molar-refractivity contribution < 1.29 is 9.18 Å². The number of benzene rings is 1. The molecule has 0 bridgehead atoms. The summed E-state index contributed by atoms with van der Waals surface area (Å²) in [5.41, 5.74) is 6.94. The lowest BCUT2D eigenvalue weighted by Crippen LogP contribution is -2.30. The van der Waals surface area contributed by atoms with E-state index in [9.17, 15) is 9.18 Å². The number of rotatable bonds is 4. The van der Waals surface area contributed by atoms with Gasteiger partial charge >= 0.3 is 0 Å². The van der Waals surface area contributed by atoms with Gasteiger partial charge in [-0.1, -0.05) is 6.92 Å². The molecule has 1 fully saturated rings. The van der Waals surface area contributed by atoms with E-state index >= 15 is 0 Å². The summed E-state index contributed by atoms with van der Waals surface area (Å²) in [6.07, 6.45) is 3.39. The molecule has 1 amide bonds. The van der Waals surface area contributed by atoms with Gasteiger partial charge in [-0.2, -0.15) is 0 Å². The second kappa shape index (κ2) is 4.59. The van der Waals surface area contributed by atoms with Crippen molar-refractivity contribution in [3.63, 3.8) is 0 Å². The summed E-state index contributed by atoms with van der Waals surface area (Å²) in [4.78, 5) is 11.9. The van der Waals surface area contributed by atoms with Crippen LogP contribution in [0.3, 0.4) is 0 Å². The highest BCUT2D eigenvalue weighted by Gasteiger charge is 2.40. The van der Waals surface area contributed by atoms with Crippen molar-refractivity contribution in [2.45, 2.75) is 33.1 Å². The van der Waals surface area contributed by atoms with Gasteiger partial charge in [0, 0.05) is 23.4 Å². The zero-order valence-corrected chi connectivity index (χ0v) is 10.8. The fourth-order valence-electron chi connectivity index (χ4n) is 2.03. The number of nitrogens with two attached hydrogens (primary N) is 1. The summed E-state index contributed by atoms with van der Waals surface area (Å²) < 4.78 is 13.5. The first kappa shape index (κ1) is 12.9. The standard InChI is InChI=1S/C14H19FN2O/c1-3-14(4-5-14)8-17-13(18)10-6-11(15)9(2)12(16)7-10/h6-7H,3-5,8,16H2,1-2H3,(H,17,18). The molecule has 1 aromatic carbocycles. The molecule has 0 aromatic heterocycles. The fraction of sp³-hybridized carbons (Fsp3) is 0.500. The molecule has 0 radical (unpaired) electrons. The Balaban J connectivity index is 2.05. The number of hydrogen-bond donors (Lipinski definition) is 2. The van der Waals surface area contributed by atoms with Gasteiger partial charge in [0.2, 0.25) is 0 Å². The lowest BCUT2D eigenvalue weighted by molar-refractivity contribution is 0.0944. The Kier molecular flexibility index (Phi) is 3.28. The summed E-state index contributed by atoms with van der Waals surface area (Å²) >= 11 is 0. The highest BCUT2D eigenvalue weighted by molar-refractivity contribution is 5.95. The molecular formula is C14H19FN2O. The third kappa shape index (κ3) is 2.47. The van der Waals surface area contributed by atoms with E-state index in [0.29, 0.717) is 23.4 Å². The van der Waals surface area contributed by atoms with E-state index in [1.54, 1.807) is 6.92 Å². The molecule has 4 heteroatoms. The van der Waals surface area contributed by atoms with Crippen molar-refractivity contribution in [1.29, 1.82) is 0 Å². The first-order chi connectivity index (χ1) is 8.47. The van der Waals surface area contributed by atoms with Crippen LogP contribution in [-0.4, -0.2) is 12.5 Å². The lowest BCUT2D eigenvalue weighted by Gasteiger charge is -2.14. The molecule has 0 heterocycles. The van der Waals surface area contributed by atoms with Crippen LogP contribution in [0.2, 0.25) is 0 Å². The first-order valence-corrected chi connectivity index (χ1v) is 6.31. The van der Waals surface area contributed by atoms with Crippen LogP contribution < -0.4 is 11.1 Å². The largest absolute Gasteiger partial charge is 0.398 e. The summed E-state index contributed by atoms with van der Waals surface area (Å²) in [5, 5.41) is 2.87. The third-order valence-electron chi connectivity index (χ3n) is 3.98. The van der Waals surface area contributed by atoms with Gasteiger partial charge in [-0.25, -0.2) is 4.39 Å². The van der Waals surface area contributed by atoms with Gasteiger partial charge in [-0.05, 0) is 43.7 Å². The predicted octanol–water partition coefficient (Wildman–Crippen LogP) is 2.64. The number of nitrogens with one attached hydrogen (secondary N) is 1. The highest BCUT2D eigenvalue weighted by atomic mass is 19.1. The minimum atomic E-state index is -0.434. The second-order valence-corrected chi connectivity index (χ2v) is 5.21. The fourth-order valence-corrected chi connectivity index (χ4v) is 2.03. The molecule has 3 nitrogen and oxygen atoms in total. The minimum absolute atomic E-state index is 0.250. The Morgan fingerprint density at radius 1 is 1.50 bits per heavy atom. The van der Waals surface area contributed by atoms with Crippen LogP contribution in [0.15, 0.2) is 12.1 Å². The molecule has 0 atom stereocenters. The van der Waals surface area contributed by atoms with Crippen LogP contribution in [0.5, 0.6) is 0 Å². The van der Waals surface area contributed by atoms with Gasteiger partial charge in [0.25, 0.3) is 5.91 Å². The molecule has 0 aliphatic heterocycles. The molecule has 3 N–H and O–H groups in total. The second-order valence-electron chi connectivity index (χ2n) is 5.21. The predicted molar refractivity (Wildman–Crippen MR) is 69.8 cm³/mol. The molecule has 0 saturated heterocycles. The number of amides is 1. The topological polar surface area (TPSA) is 55.1 Å². The molecule has 1 aromatic rings. The molecule has 1 aliphatic carbocycles. The number of carbonyl (C=O) groups excluding carboxylic acids is 1. The van der Waals surface area contributed by atoms with Gasteiger partial charge in [-0.15, -0.1) is 0 Å². The van der Waals surface area contributed by atoms with Crippen molar-refractivity contribution in [3.8, 4) is 0 Å².